The van der Waals surface area contributed by atoms with Crippen LogP contribution in [-0.2, 0) is 6.18 Å². The maximum atomic E-state index is 13.1. The monoisotopic (exact) mass is 502 g/mol. The van der Waals surface area contributed by atoms with Crippen LogP contribution in [0, 0.1) is 27.2 Å². The topological polar surface area (TPSA) is 135 Å². The van der Waals surface area contributed by atoms with Gasteiger partial charge in [-0.2, -0.15) is 13.2 Å². The number of benzene rings is 3. The first kappa shape index (κ1) is 24.2. The molecule has 0 saturated carbocycles. The fourth-order valence-electron chi connectivity index (χ4n) is 3.31. The van der Waals surface area contributed by atoms with E-state index in [0.29, 0.717) is 5.75 Å². The number of hydrogen-bond acceptors (Lipinski definition) is 8. The lowest BCUT2D eigenvalue weighted by molar-refractivity contribution is -0.396. The summed E-state index contributed by atoms with van der Waals surface area (Å²) < 4.78 is 55.9. The lowest BCUT2D eigenvalue weighted by Gasteiger charge is -2.12. The molecule has 0 saturated heterocycles. The van der Waals surface area contributed by atoms with E-state index >= 15 is 0 Å². The van der Waals surface area contributed by atoms with Crippen molar-refractivity contribution in [2.24, 2.45) is 0 Å². The standard InChI is InChI=1S/C23H13F3N2O8/c1-12-21(35-14-5-3-2-4-6-14)20(29)16-8-7-15(11-19(16)34-12)36-22-17(27(30)31)9-13(23(24,25)26)10-18(22)28(32)33/h2-11H,1H3. The van der Waals surface area contributed by atoms with Crippen LogP contribution >= 0.6 is 0 Å². The van der Waals surface area contributed by atoms with Gasteiger partial charge in [0.25, 0.3) is 5.75 Å². The van der Waals surface area contributed by atoms with Gasteiger partial charge >= 0.3 is 17.6 Å². The number of rotatable bonds is 6. The first-order valence-corrected chi connectivity index (χ1v) is 9.98. The van der Waals surface area contributed by atoms with Gasteiger partial charge in [0, 0.05) is 18.2 Å². The van der Waals surface area contributed by atoms with Crippen LogP contribution in [0.3, 0.4) is 0 Å². The molecule has 4 aromatic rings. The van der Waals surface area contributed by atoms with Crippen molar-refractivity contribution in [1.82, 2.24) is 0 Å². The lowest BCUT2D eigenvalue weighted by atomic mass is 10.1. The average molecular weight is 502 g/mol. The van der Waals surface area contributed by atoms with Crippen molar-refractivity contribution in [3.63, 3.8) is 0 Å². The Balaban J connectivity index is 1.79. The van der Waals surface area contributed by atoms with E-state index in [1.807, 2.05) is 0 Å². The summed E-state index contributed by atoms with van der Waals surface area (Å²) in [5.41, 5.74) is -4.70. The number of halogens is 3. The highest BCUT2D eigenvalue weighted by atomic mass is 19.4. The summed E-state index contributed by atoms with van der Waals surface area (Å²) in [6.45, 7) is 1.46. The molecule has 10 nitrogen and oxygen atoms in total. The van der Waals surface area contributed by atoms with Crippen LogP contribution in [0.2, 0.25) is 0 Å². The Morgan fingerprint density at radius 3 is 1.97 bits per heavy atom. The molecule has 4 rings (SSSR count). The van der Waals surface area contributed by atoms with Crippen LogP contribution in [0.25, 0.3) is 11.0 Å². The zero-order chi connectivity index (χ0) is 26.2. The van der Waals surface area contributed by atoms with Gasteiger partial charge in [-0.05, 0) is 31.2 Å². The summed E-state index contributed by atoms with van der Waals surface area (Å²) >= 11 is 0. The first-order chi connectivity index (χ1) is 17.0. The van der Waals surface area contributed by atoms with Gasteiger partial charge in [-0.25, -0.2) is 0 Å². The molecule has 0 aliphatic heterocycles. The Morgan fingerprint density at radius 1 is 0.833 bits per heavy atom. The molecule has 0 aliphatic rings. The number of ether oxygens (including phenoxy) is 2. The number of fused-ring (bicyclic) bond motifs is 1. The van der Waals surface area contributed by atoms with Crippen LogP contribution in [0.4, 0.5) is 24.5 Å². The molecule has 0 radical (unpaired) electrons. The van der Waals surface area contributed by atoms with E-state index in [1.54, 1.807) is 30.3 Å². The molecule has 184 valence electrons. The zero-order valence-electron chi connectivity index (χ0n) is 18.1. The molecule has 3 aromatic carbocycles. The molecule has 1 aromatic heterocycles. The molecule has 0 unspecified atom stereocenters. The number of alkyl halides is 3. The Kier molecular flexibility index (Phi) is 6.06. The highest BCUT2D eigenvalue weighted by molar-refractivity contribution is 5.80. The van der Waals surface area contributed by atoms with E-state index in [4.69, 9.17) is 13.9 Å². The average Bonchev–Trinajstić information content (AvgIpc) is 2.81. The predicted molar refractivity (Wildman–Crippen MR) is 119 cm³/mol. The molecule has 0 aliphatic carbocycles. The third-order valence-electron chi connectivity index (χ3n) is 4.94. The van der Waals surface area contributed by atoms with Crippen molar-refractivity contribution in [2.45, 2.75) is 13.1 Å². The van der Waals surface area contributed by atoms with E-state index in [1.165, 1.54) is 13.0 Å². The first-order valence-electron chi connectivity index (χ1n) is 9.98. The fraction of sp³-hybridized carbons (Fsp3) is 0.0870. The molecule has 36 heavy (non-hydrogen) atoms. The molecule has 0 atom stereocenters. The maximum absolute atomic E-state index is 13.1. The minimum absolute atomic E-state index is 0.0373. The molecule has 0 amide bonds. The molecular weight excluding hydrogens is 489 g/mol. The summed E-state index contributed by atoms with van der Waals surface area (Å²) in [6.07, 6.45) is -5.07. The van der Waals surface area contributed by atoms with Gasteiger partial charge in [0.05, 0.1) is 20.8 Å². The third kappa shape index (κ3) is 4.66. The predicted octanol–water partition coefficient (Wildman–Crippen LogP) is 6.52. The van der Waals surface area contributed by atoms with Gasteiger partial charge in [0.2, 0.25) is 11.2 Å². The van der Waals surface area contributed by atoms with Crippen LogP contribution < -0.4 is 14.9 Å². The van der Waals surface area contributed by atoms with Crippen molar-refractivity contribution in [3.8, 4) is 23.0 Å². The summed E-state index contributed by atoms with van der Waals surface area (Å²) in [5, 5.41) is 22.9. The third-order valence-corrected chi connectivity index (χ3v) is 4.94. The van der Waals surface area contributed by atoms with Gasteiger partial charge in [-0.1, -0.05) is 18.2 Å². The molecule has 0 N–H and O–H groups in total. The molecule has 1 heterocycles. The number of nitrogens with zero attached hydrogens (tertiary/aromatic N) is 2. The number of para-hydroxylation sites is 1. The van der Waals surface area contributed by atoms with Crippen LogP contribution in [-0.4, -0.2) is 9.85 Å². The van der Waals surface area contributed by atoms with Crippen LogP contribution in [0.1, 0.15) is 11.3 Å². The SMILES string of the molecule is Cc1oc2cc(Oc3c([N+](=O)[O-])cc(C(F)(F)F)cc3[N+](=O)[O-])ccc2c(=O)c1Oc1ccccc1. The van der Waals surface area contributed by atoms with Crippen molar-refractivity contribution in [2.75, 3.05) is 0 Å². The maximum Gasteiger partial charge on any atom is 0.416 e. The van der Waals surface area contributed by atoms with E-state index in [2.05, 4.69) is 0 Å². The Morgan fingerprint density at radius 2 is 1.42 bits per heavy atom. The highest BCUT2D eigenvalue weighted by Gasteiger charge is 2.38. The fourth-order valence-corrected chi connectivity index (χ4v) is 3.31. The molecule has 13 heteroatoms. The van der Waals surface area contributed by atoms with Gasteiger partial charge in [-0.15, -0.1) is 0 Å². The Bertz CT molecular complexity index is 1530. The second-order valence-corrected chi connectivity index (χ2v) is 7.35. The van der Waals surface area contributed by atoms with Gasteiger partial charge in [0.1, 0.15) is 22.8 Å². The second-order valence-electron chi connectivity index (χ2n) is 7.35. The minimum Gasteiger partial charge on any atom is -0.457 e. The highest BCUT2D eigenvalue weighted by Crippen LogP contribution is 2.44. The minimum atomic E-state index is -5.07. The zero-order valence-corrected chi connectivity index (χ0v) is 18.1. The van der Waals surface area contributed by atoms with Crippen molar-refractivity contribution >= 4 is 22.3 Å². The Labute approximate surface area is 198 Å². The van der Waals surface area contributed by atoms with E-state index in [9.17, 15) is 38.2 Å². The number of nitro benzene ring substituents is 2. The summed E-state index contributed by atoms with van der Waals surface area (Å²) in [6, 6.07) is 12.2. The van der Waals surface area contributed by atoms with Crippen molar-refractivity contribution in [1.29, 1.82) is 0 Å². The number of aryl methyl sites for hydroxylation is 1. The van der Waals surface area contributed by atoms with Gasteiger partial charge < -0.3 is 13.9 Å². The van der Waals surface area contributed by atoms with Crippen molar-refractivity contribution < 1.29 is 36.9 Å². The number of hydrogen-bond donors (Lipinski definition) is 0. The summed E-state index contributed by atoms with van der Waals surface area (Å²) in [7, 11) is 0. The van der Waals surface area contributed by atoms with Gasteiger partial charge in [0.15, 0.2) is 0 Å². The second kappa shape index (κ2) is 9.02. The largest absolute Gasteiger partial charge is 0.457 e. The van der Waals surface area contributed by atoms with Crippen LogP contribution in [0.15, 0.2) is 69.9 Å². The van der Waals surface area contributed by atoms with Crippen molar-refractivity contribution in [3.05, 3.63) is 102 Å². The van der Waals surface area contributed by atoms with Gasteiger partial charge in [-0.3, -0.25) is 25.0 Å². The van der Waals surface area contributed by atoms with E-state index < -0.39 is 44.1 Å². The normalized spacial score (nSPS) is 11.3. The molecular formula is C23H13F3N2O8. The van der Waals surface area contributed by atoms with E-state index in [-0.39, 0.29) is 40.4 Å². The van der Waals surface area contributed by atoms with Crippen LogP contribution in [0.5, 0.6) is 23.0 Å². The molecule has 0 spiro atoms. The molecule has 0 fully saturated rings. The lowest BCUT2D eigenvalue weighted by Crippen LogP contribution is -2.08. The smallest absolute Gasteiger partial charge is 0.416 e. The summed E-state index contributed by atoms with van der Waals surface area (Å²) in [5.74, 6) is -0.890. The van der Waals surface area contributed by atoms with E-state index in [0.717, 1.165) is 12.1 Å². The number of nitro groups is 2. The molecule has 0 bridgehead atoms. The quantitative estimate of drug-likeness (QED) is 0.215. The Hall–Kier alpha value is -4.94. The summed E-state index contributed by atoms with van der Waals surface area (Å²) in [4.78, 5) is 33.3.